The number of likely N-dealkylation sites (N-methyl/N-ethyl adjacent to an activating group) is 1. The molecule has 0 spiro atoms. The van der Waals surface area contributed by atoms with Crippen LogP contribution in [0, 0.1) is 6.92 Å². The van der Waals surface area contributed by atoms with E-state index in [9.17, 15) is 14.7 Å². The van der Waals surface area contributed by atoms with E-state index in [2.05, 4.69) is 25.8 Å². The highest BCUT2D eigenvalue weighted by Gasteiger charge is 2.47. The van der Waals surface area contributed by atoms with E-state index in [1.165, 1.54) is 7.11 Å². The van der Waals surface area contributed by atoms with Crippen molar-refractivity contribution in [2.75, 3.05) is 34.3 Å². The number of H-pyrrole nitrogens is 1. The third kappa shape index (κ3) is 4.39. The summed E-state index contributed by atoms with van der Waals surface area (Å²) in [6.45, 7) is 9.09. The second kappa shape index (κ2) is 9.47. The number of methoxy groups -OCH3 is 1. The lowest BCUT2D eigenvalue weighted by molar-refractivity contribution is -0.140. The van der Waals surface area contributed by atoms with Gasteiger partial charge >= 0.3 is 0 Å². The fraction of sp³-hybridized carbons (Fsp3) is 0.379. The minimum absolute atomic E-state index is 0.0796. The Morgan fingerprint density at radius 2 is 1.83 bits per heavy atom. The predicted molar refractivity (Wildman–Crippen MR) is 142 cm³/mol. The van der Waals surface area contributed by atoms with Gasteiger partial charge in [0.1, 0.15) is 11.5 Å². The van der Waals surface area contributed by atoms with Gasteiger partial charge in [0.2, 0.25) is 0 Å². The number of rotatable bonds is 6. The van der Waals surface area contributed by atoms with E-state index in [0.29, 0.717) is 24.4 Å². The minimum Gasteiger partial charge on any atom is -0.507 e. The molecular weight excluding hydrogens is 454 g/mol. The number of carbonyl (C=O) groups excluding carboxylic acids is 2. The van der Waals surface area contributed by atoms with Gasteiger partial charge in [-0.2, -0.15) is 0 Å². The number of amides is 1. The monoisotopic (exact) mass is 489 g/mol. The highest BCUT2D eigenvalue weighted by molar-refractivity contribution is 6.46. The van der Waals surface area contributed by atoms with Gasteiger partial charge in [0.05, 0.1) is 24.3 Å². The number of aromatic nitrogens is 1. The summed E-state index contributed by atoms with van der Waals surface area (Å²) in [7, 11) is 5.37. The highest BCUT2D eigenvalue weighted by atomic mass is 16.5. The number of likely N-dealkylation sites (tertiary alicyclic amines) is 1. The Morgan fingerprint density at radius 3 is 2.47 bits per heavy atom. The molecule has 1 atom stereocenters. The Balaban J connectivity index is 2.00. The van der Waals surface area contributed by atoms with Gasteiger partial charge in [-0.3, -0.25) is 9.59 Å². The molecule has 4 rings (SSSR count). The number of fused-ring (bicyclic) bond motifs is 1. The van der Waals surface area contributed by atoms with Gasteiger partial charge < -0.3 is 24.6 Å². The van der Waals surface area contributed by atoms with Gasteiger partial charge in [0.15, 0.2) is 0 Å². The summed E-state index contributed by atoms with van der Waals surface area (Å²) in [5.41, 5.74) is 3.85. The molecule has 1 aliphatic rings. The Kier molecular flexibility index (Phi) is 6.71. The SMILES string of the molecule is COc1ccc(C(C)(C)C)cc1/C(O)=C1\C(=O)C(=O)N(CCN(C)C)C1c1c(C)[nH]c2ccccc12. The summed E-state index contributed by atoms with van der Waals surface area (Å²) < 4.78 is 5.56. The number of nitrogens with zero attached hydrogens (tertiary/aromatic N) is 2. The van der Waals surface area contributed by atoms with Gasteiger partial charge in [-0.1, -0.05) is 45.0 Å². The first-order valence-corrected chi connectivity index (χ1v) is 12.1. The van der Waals surface area contributed by atoms with Gasteiger partial charge in [-0.15, -0.1) is 0 Å². The first-order chi connectivity index (χ1) is 17.0. The van der Waals surface area contributed by atoms with E-state index in [1.807, 2.05) is 62.3 Å². The fourth-order valence-corrected chi connectivity index (χ4v) is 4.87. The number of aliphatic hydroxyl groups excluding tert-OH is 1. The summed E-state index contributed by atoms with van der Waals surface area (Å²) in [5, 5.41) is 12.6. The molecule has 0 bridgehead atoms. The van der Waals surface area contributed by atoms with Crippen LogP contribution >= 0.6 is 0 Å². The summed E-state index contributed by atoms with van der Waals surface area (Å²) in [6, 6.07) is 12.7. The Hall–Kier alpha value is -3.58. The number of ketones is 1. The molecule has 2 N–H and O–H groups in total. The van der Waals surface area contributed by atoms with E-state index in [0.717, 1.165) is 27.7 Å². The van der Waals surface area contributed by atoms with Gasteiger partial charge in [0, 0.05) is 35.2 Å². The average Bonchev–Trinajstić information content (AvgIpc) is 3.28. The molecule has 7 nitrogen and oxygen atoms in total. The molecule has 3 aromatic rings. The van der Waals surface area contributed by atoms with Crippen molar-refractivity contribution in [3.05, 3.63) is 70.4 Å². The molecule has 2 aromatic carbocycles. The zero-order valence-corrected chi connectivity index (χ0v) is 22.1. The van der Waals surface area contributed by atoms with E-state index in [4.69, 9.17) is 4.74 Å². The van der Waals surface area contributed by atoms with Crippen LogP contribution in [-0.2, 0) is 15.0 Å². The lowest BCUT2D eigenvalue weighted by Gasteiger charge is -2.27. The molecule has 1 amide bonds. The van der Waals surface area contributed by atoms with Crippen LogP contribution in [0.15, 0.2) is 48.0 Å². The molecule has 7 heteroatoms. The summed E-state index contributed by atoms with van der Waals surface area (Å²) in [4.78, 5) is 33.8. The molecule has 1 unspecified atom stereocenters. The molecule has 190 valence electrons. The van der Waals surface area contributed by atoms with Crippen molar-refractivity contribution >= 4 is 28.4 Å². The quantitative estimate of drug-likeness (QED) is 0.296. The van der Waals surface area contributed by atoms with E-state index < -0.39 is 17.7 Å². The largest absolute Gasteiger partial charge is 0.507 e. The number of aliphatic hydroxyl groups is 1. The second-order valence-electron chi connectivity index (χ2n) is 10.7. The molecule has 2 heterocycles. The number of benzene rings is 2. The highest BCUT2D eigenvalue weighted by Crippen LogP contribution is 2.44. The predicted octanol–water partition coefficient (Wildman–Crippen LogP) is 4.77. The van der Waals surface area contributed by atoms with Crippen LogP contribution in [0.25, 0.3) is 16.7 Å². The molecule has 0 saturated carbocycles. The summed E-state index contributed by atoms with van der Waals surface area (Å²) in [5.74, 6) is -1.09. The van der Waals surface area contributed by atoms with Gasteiger partial charge in [-0.25, -0.2) is 0 Å². The maximum absolute atomic E-state index is 13.5. The van der Waals surface area contributed by atoms with Crippen molar-refractivity contribution < 1.29 is 19.4 Å². The van der Waals surface area contributed by atoms with Crippen LogP contribution in [0.1, 0.15) is 49.2 Å². The molecule has 1 saturated heterocycles. The molecular formula is C29H35N3O4. The number of nitrogens with one attached hydrogen (secondary N) is 1. The van der Waals surface area contributed by atoms with Crippen LogP contribution in [-0.4, -0.2) is 65.9 Å². The number of Topliss-reactive ketones (excluding diaryl/α,β-unsaturated/α-hetero) is 1. The molecule has 1 fully saturated rings. The van der Waals surface area contributed by atoms with E-state index >= 15 is 0 Å². The molecule has 0 radical (unpaired) electrons. The first-order valence-electron chi connectivity index (χ1n) is 12.1. The third-order valence-corrected chi connectivity index (χ3v) is 6.87. The topological polar surface area (TPSA) is 85.9 Å². The lowest BCUT2D eigenvalue weighted by atomic mass is 9.85. The van der Waals surface area contributed by atoms with Crippen LogP contribution in [0.5, 0.6) is 5.75 Å². The average molecular weight is 490 g/mol. The van der Waals surface area contributed by atoms with Crippen LogP contribution < -0.4 is 4.74 Å². The standard InChI is InChI=1S/C29H35N3O4/c1-17-23(19-10-8-9-11-21(19)30-17)25-24(27(34)28(35)32(25)15-14-31(5)6)26(33)20-16-18(29(2,3)4)12-13-22(20)36-7/h8-13,16,25,30,33H,14-15H2,1-7H3/b26-24+. The molecule has 36 heavy (non-hydrogen) atoms. The zero-order valence-electron chi connectivity index (χ0n) is 22.1. The van der Waals surface area contributed by atoms with Crippen LogP contribution in [0.4, 0.5) is 0 Å². The normalized spacial score (nSPS) is 18.0. The first kappa shape index (κ1) is 25.5. The minimum atomic E-state index is -0.732. The van der Waals surface area contributed by atoms with Crippen molar-refractivity contribution in [3.63, 3.8) is 0 Å². The molecule has 0 aliphatic carbocycles. The fourth-order valence-electron chi connectivity index (χ4n) is 4.87. The number of ether oxygens (including phenoxy) is 1. The Labute approximate surface area is 212 Å². The van der Waals surface area contributed by atoms with E-state index in [1.54, 1.807) is 11.0 Å². The van der Waals surface area contributed by atoms with Crippen molar-refractivity contribution in [2.45, 2.75) is 39.2 Å². The maximum atomic E-state index is 13.5. The van der Waals surface area contributed by atoms with Gasteiger partial charge in [-0.05, 0) is 50.2 Å². The van der Waals surface area contributed by atoms with Crippen molar-refractivity contribution in [1.82, 2.24) is 14.8 Å². The van der Waals surface area contributed by atoms with Crippen LogP contribution in [0.3, 0.4) is 0 Å². The second-order valence-corrected chi connectivity index (χ2v) is 10.7. The molecule has 1 aliphatic heterocycles. The third-order valence-electron chi connectivity index (χ3n) is 6.87. The Bertz CT molecular complexity index is 1360. The number of aryl methyl sites for hydroxylation is 1. The number of carbonyl (C=O) groups is 2. The van der Waals surface area contributed by atoms with E-state index in [-0.39, 0.29) is 16.7 Å². The Morgan fingerprint density at radius 1 is 1.14 bits per heavy atom. The lowest BCUT2D eigenvalue weighted by Crippen LogP contribution is -2.35. The van der Waals surface area contributed by atoms with Gasteiger partial charge in [0.25, 0.3) is 11.7 Å². The van der Waals surface area contributed by atoms with Crippen molar-refractivity contribution in [3.8, 4) is 5.75 Å². The van der Waals surface area contributed by atoms with Crippen molar-refractivity contribution in [2.24, 2.45) is 0 Å². The summed E-state index contributed by atoms with van der Waals surface area (Å²) in [6.07, 6.45) is 0. The number of para-hydroxylation sites is 1. The van der Waals surface area contributed by atoms with Crippen molar-refractivity contribution in [1.29, 1.82) is 0 Å². The number of aromatic amines is 1. The smallest absolute Gasteiger partial charge is 0.295 e. The maximum Gasteiger partial charge on any atom is 0.295 e. The zero-order chi connectivity index (χ0) is 26.4. The number of hydrogen-bond acceptors (Lipinski definition) is 5. The number of hydrogen-bond donors (Lipinski definition) is 2. The van der Waals surface area contributed by atoms with Crippen LogP contribution in [0.2, 0.25) is 0 Å². The summed E-state index contributed by atoms with van der Waals surface area (Å²) >= 11 is 0. The molecule has 1 aromatic heterocycles.